The third kappa shape index (κ3) is 4.12. The molecule has 0 unspecified atom stereocenters. The zero-order valence-electron chi connectivity index (χ0n) is 19.1. The van der Waals surface area contributed by atoms with Crippen LogP contribution in [0.4, 0.5) is 9.18 Å². The maximum absolute atomic E-state index is 13.1. The van der Waals surface area contributed by atoms with Crippen molar-refractivity contribution in [2.45, 2.75) is 57.5 Å². The standard InChI is InChI=1S/C24H29FN6O2/c1-15-20-22(31(28-15)19-6-4-3-5-7-19)26-21(27-23(20)32)17-13-30(14-17)24(33)29(2)12-16-8-10-18(25)11-9-16/h8-11,17,19H,3-7,12-14H2,1-2H3,(H,26,27,32). The minimum absolute atomic E-state index is 0.0136. The summed E-state index contributed by atoms with van der Waals surface area (Å²) in [4.78, 5) is 36.8. The van der Waals surface area contributed by atoms with Crippen LogP contribution in [0.5, 0.6) is 0 Å². The molecule has 1 saturated carbocycles. The number of hydrogen-bond donors (Lipinski definition) is 1. The molecule has 3 aromatic rings. The van der Waals surface area contributed by atoms with Gasteiger partial charge in [-0.15, -0.1) is 0 Å². The van der Waals surface area contributed by atoms with Gasteiger partial charge in [-0.25, -0.2) is 18.9 Å². The molecule has 0 bridgehead atoms. The monoisotopic (exact) mass is 452 g/mol. The van der Waals surface area contributed by atoms with Crippen molar-refractivity contribution >= 4 is 17.1 Å². The second-order valence-corrected chi connectivity index (χ2v) is 9.34. The van der Waals surface area contributed by atoms with E-state index in [1.165, 1.54) is 31.4 Å². The van der Waals surface area contributed by atoms with Gasteiger partial charge in [0.05, 0.1) is 17.7 Å². The number of hydrogen-bond acceptors (Lipinski definition) is 4. The Morgan fingerprint density at radius 2 is 1.88 bits per heavy atom. The van der Waals surface area contributed by atoms with Gasteiger partial charge in [0, 0.05) is 26.7 Å². The maximum atomic E-state index is 13.1. The summed E-state index contributed by atoms with van der Waals surface area (Å²) in [5, 5.41) is 5.24. The van der Waals surface area contributed by atoms with Crippen LogP contribution in [0.2, 0.25) is 0 Å². The predicted molar refractivity (Wildman–Crippen MR) is 123 cm³/mol. The fourth-order valence-corrected chi connectivity index (χ4v) is 4.98. The van der Waals surface area contributed by atoms with E-state index in [4.69, 9.17) is 4.98 Å². The van der Waals surface area contributed by atoms with Gasteiger partial charge in [-0.1, -0.05) is 31.4 Å². The second-order valence-electron chi connectivity index (χ2n) is 9.34. The molecule has 8 nitrogen and oxygen atoms in total. The average Bonchev–Trinajstić information content (AvgIpc) is 3.11. The molecule has 33 heavy (non-hydrogen) atoms. The number of carbonyl (C=O) groups is 1. The lowest BCUT2D eigenvalue weighted by Gasteiger charge is -2.40. The number of likely N-dealkylation sites (tertiary alicyclic amines) is 1. The molecule has 1 aliphatic heterocycles. The van der Waals surface area contributed by atoms with Crippen LogP contribution in [0.15, 0.2) is 29.1 Å². The van der Waals surface area contributed by atoms with Crippen molar-refractivity contribution in [1.82, 2.24) is 29.5 Å². The van der Waals surface area contributed by atoms with Crippen LogP contribution < -0.4 is 5.56 Å². The molecule has 2 fully saturated rings. The number of benzene rings is 1. The number of aromatic amines is 1. The van der Waals surface area contributed by atoms with Crippen molar-refractivity contribution in [3.63, 3.8) is 0 Å². The molecule has 1 saturated heterocycles. The van der Waals surface area contributed by atoms with Gasteiger partial charge in [-0.05, 0) is 37.5 Å². The Bertz CT molecular complexity index is 1220. The van der Waals surface area contributed by atoms with E-state index in [1.807, 2.05) is 11.6 Å². The third-order valence-electron chi connectivity index (χ3n) is 6.87. The largest absolute Gasteiger partial charge is 0.323 e. The lowest BCUT2D eigenvalue weighted by atomic mass is 9.96. The van der Waals surface area contributed by atoms with Crippen LogP contribution in [0.3, 0.4) is 0 Å². The molecule has 1 aliphatic carbocycles. The lowest BCUT2D eigenvalue weighted by Crippen LogP contribution is -2.53. The molecule has 1 aromatic carbocycles. The highest BCUT2D eigenvalue weighted by atomic mass is 19.1. The van der Waals surface area contributed by atoms with E-state index in [1.54, 1.807) is 29.0 Å². The molecule has 3 heterocycles. The first-order valence-electron chi connectivity index (χ1n) is 11.6. The van der Waals surface area contributed by atoms with Gasteiger partial charge in [-0.2, -0.15) is 5.10 Å². The molecule has 2 aliphatic rings. The second kappa shape index (κ2) is 8.61. The first-order chi connectivity index (χ1) is 15.9. The van der Waals surface area contributed by atoms with Crippen molar-refractivity contribution in [2.24, 2.45) is 0 Å². The average molecular weight is 453 g/mol. The Balaban J connectivity index is 1.30. The number of aromatic nitrogens is 4. The molecular formula is C24H29FN6O2. The number of H-pyrrole nitrogens is 1. The topological polar surface area (TPSA) is 87.1 Å². The van der Waals surface area contributed by atoms with E-state index in [0.717, 1.165) is 18.4 Å². The van der Waals surface area contributed by atoms with E-state index in [9.17, 15) is 14.0 Å². The molecule has 9 heteroatoms. The van der Waals surface area contributed by atoms with Crippen molar-refractivity contribution < 1.29 is 9.18 Å². The van der Waals surface area contributed by atoms with Gasteiger partial charge in [0.2, 0.25) is 0 Å². The van der Waals surface area contributed by atoms with E-state index >= 15 is 0 Å². The summed E-state index contributed by atoms with van der Waals surface area (Å²) >= 11 is 0. The van der Waals surface area contributed by atoms with E-state index in [-0.39, 0.29) is 29.4 Å². The highest BCUT2D eigenvalue weighted by Crippen LogP contribution is 2.31. The van der Waals surface area contributed by atoms with Gasteiger partial charge in [0.25, 0.3) is 5.56 Å². The molecule has 5 rings (SSSR count). The Kier molecular flexibility index (Phi) is 5.64. The predicted octanol–water partition coefficient (Wildman–Crippen LogP) is 3.72. The highest BCUT2D eigenvalue weighted by Gasteiger charge is 2.35. The molecule has 0 spiro atoms. The van der Waals surface area contributed by atoms with Crippen LogP contribution in [-0.2, 0) is 6.54 Å². The Morgan fingerprint density at radius 3 is 2.58 bits per heavy atom. The Morgan fingerprint density at radius 1 is 1.18 bits per heavy atom. The first-order valence-corrected chi connectivity index (χ1v) is 11.6. The smallest absolute Gasteiger partial charge is 0.320 e. The fourth-order valence-electron chi connectivity index (χ4n) is 4.98. The zero-order valence-corrected chi connectivity index (χ0v) is 19.1. The minimum Gasteiger partial charge on any atom is -0.323 e. The van der Waals surface area contributed by atoms with E-state index in [2.05, 4.69) is 10.1 Å². The van der Waals surface area contributed by atoms with Crippen LogP contribution in [0.1, 0.15) is 61.1 Å². The molecular weight excluding hydrogens is 423 g/mol. The van der Waals surface area contributed by atoms with E-state index in [0.29, 0.717) is 42.2 Å². The van der Waals surface area contributed by atoms with Crippen LogP contribution in [0, 0.1) is 12.7 Å². The molecule has 1 N–H and O–H groups in total. The van der Waals surface area contributed by atoms with Crippen LogP contribution in [-0.4, -0.2) is 55.7 Å². The normalized spacial score (nSPS) is 17.4. The number of nitrogens with zero attached hydrogens (tertiary/aromatic N) is 5. The third-order valence-corrected chi connectivity index (χ3v) is 6.87. The highest BCUT2D eigenvalue weighted by molar-refractivity contribution is 5.77. The summed E-state index contributed by atoms with van der Waals surface area (Å²) in [6.07, 6.45) is 5.71. The van der Waals surface area contributed by atoms with Crippen molar-refractivity contribution in [2.75, 3.05) is 20.1 Å². The number of aryl methyl sites for hydroxylation is 1. The summed E-state index contributed by atoms with van der Waals surface area (Å²) in [7, 11) is 1.73. The van der Waals surface area contributed by atoms with Gasteiger partial charge >= 0.3 is 6.03 Å². The number of rotatable bonds is 4. The number of nitrogens with one attached hydrogen (secondary N) is 1. The number of fused-ring (bicyclic) bond motifs is 1. The van der Waals surface area contributed by atoms with Gasteiger partial charge < -0.3 is 14.8 Å². The fraction of sp³-hybridized carbons (Fsp3) is 0.500. The Labute approximate surface area is 191 Å². The molecule has 174 valence electrons. The number of amides is 2. The number of halogens is 1. The number of carbonyl (C=O) groups excluding carboxylic acids is 1. The first kappa shape index (κ1) is 21.6. The van der Waals surface area contributed by atoms with Crippen molar-refractivity contribution in [3.05, 3.63) is 57.5 Å². The molecule has 0 atom stereocenters. The lowest BCUT2D eigenvalue weighted by molar-refractivity contribution is 0.118. The minimum atomic E-state index is -0.295. The molecule has 0 radical (unpaired) electrons. The number of urea groups is 1. The summed E-state index contributed by atoms with van der Waals surface area (Å²) in [6.45, 7) is 3.26. The molecule has 2 aromatic heterocycles. The molecule has 2 amide bonds. The summed E-state index contributed by atoms with van der Waals surface area (Å²) < 4.78 is 15.1. The van der Waals surface area contributed by atoms with Crippen molar-refractivity contribution in [3.8, 4) is 0 Å². The SMILES string of the molecule is Cc1nn(C2CCCCC2)c2nc(C3CN(C(=O)N(C)Cc4ccc(F)cc4)C3)[nH]c(=O)c12. The quantitative estimate of drug-likeness (QED) is 0.654. The Hall–Kier alpha value is -3.23. The van der Waals surface area contributed by atoms with Gasteiger partial charge in [-0.3, -0.25) is 4.79 Å². The van der Waals surface area contributed by atoms with Crippen LogP contribution >= 0.6 is 0 Å². The zero-order chi connectivity index (χ0) is 23.1. The van der Waals surface area contributed by atoms with Gasteiger partial charge in [0.15, 0.2) is 5.65 Å². The van der Waals surface area contributed by atoms with Crippen LogP contribution in [0.25, 0.3) is 11.0 Å². The summed E-state index contributed by atoms with van der Waals surface area (Å²) in [5.41, 5.74) is 2.08. The van der Waals surface area contributed by atoms with Gasteiger partial charge in [0.1, 0.15) is 17.0 Å². The van der Waals surface area contributed by atoms with Crippen molar-refractivity contribution in [1.29, 1.82) is 0 Å². The van der Waals surface area contributed by atoms with E-state index < -0.39 is 0 Å². The summed E-state index contributed by atoms with van der Waals surface area (Å²) in [5.74, 6) is 0.312. The maximum Gasteiger partial charge on any atom is 0.320 e. The summed E-state index contributed by atoms with van der Waals surface area (Å²) in [6, 6.07) is 6.34.